The minimum absolute atomic E-state index is 0.0849. The summed E-state index contributed by atoms with van der Waals surface area (Å²) >= 11 is 6.29. The molecule has 6 atom stereocenters. The van der Waals surface area contributed by atoms with Crippen LogP contribution in [0, 0.1) is 55.5 Å². The smallest absolute Gasteiger partial charge is 0.301 e. The molecule has 296 valence electrons. The number of halogens is 3. The number of imide groups is 2. The van der Waals surface area contributed by atoms with Crippen LogP contribution in [-0.4, -0.2) is 57.7 Å². The second-order valence-electron chi connectivity index (χ2n) is 14.8. The zero-order valence-electron chi connectivity index (χ0n) is 30.5. The number of carbonyl (C=O) groups is 4. The molecule has 4 aromatic rings. The number of benzene rings is 4. The number of hydrogen-bond acceptors (Lipinski definition) is 11. The van der Waals surface area contributed by atoms with Crippen molar-refractivity contribution in [2.45, 2.75) is 24.2 Å². The molecule has 0 radical (unpaired) electrons. The van der Waals surface area contributed by atoms with E-state index in [4.69, 9.17) is 11.6 Å². The molecule has 3 fully saturated rings. The van der Waals surface area contributed by atoms with Crippen molar-refractivity contribution in [3.05, 3.63) is 139 Å². The Morgan fingerprint density at radius 1 is 0.879 bits per heavy atom. The number of hydrazine groups is 1. The number of phenols is 1. The van der Waals surface area contributed by atoms with Crippen molar-refractivity contribution in [3.8, 4) is 5.75 Å². The Kier molecular flexibility index (Phi) is 9.02. The third kappa shape index (κ3) is 5.51. The molecule has 15 nitrogen and oxygen atoms in total. The van der Waals surface area contributed by atoms with Gasteiger partial charge in [-0.2, -0.15) is 5.01 Å². The molecule has 0 aromatic heterocycles. The van der Waals surface area contributed by atoms with E-state index in [0.717, 1.165) is 35.3 Å². The molecule has 4 aromatic carbocycles. The molecular weight excluding hydrogens is 782 g/mol. The van der Waals surface area contributed by atoms with Crippen LogP contribution in [0.1, 0.15) is 29.9 Å². The van der Waals surface area contributed by atoms with Gasteiger partial charge in [0.05, 0.1) is 44.4 Å². The number of rotatable bonds is 8. The quantitative estimate of drug-likeness (QED) is 0.0865. The first kappa shape index (κ1) is 38.1. The van der Waals surface area contributed by atoms with Crippen molar-refractivity contribution in [2.75, 3.05) is 29.3 Å². The van der Waals surface area contributed by atoms with Gasteiger partial charge in [-0.3, -0.25) is 44.8 Å². The zero-order chi connectivity index (χ0) is 41.5. The maximum absolute atomic E-state index is 15.4. The first-order chi connectivity index (χ1) is 27.6. The molecule has 2 N–H and O–H groups in total. The summed E-state index contributed by atoms with van der Waals surface area (Å²) in [5.74, 6) is -11.7. The molecule has 58 heavy (non-hydrogen) atoms. The fraction of sp³-hybridized carbons (Fsp3) is 0.250. The van der Waals surface area contributed by atoms with Crippen LogP contribution < -0.4 is 15.2 Å². The Labute approximate surface area is 332 Å². The predicted molar refractivity (Wildman–Crippen MR) is 204 cm³/mol. The highest BCUT2D eigenvalue weighted by Gasteiger charge is 2.71. The Morgan fingerprint density at radius 2 is 1.52 bits per heavy atom. The van der Waals surface area contributed by atoms with Gasteiger partial charge < -0.3 is 10.0 Å². The Bertz CT molecular complexity index is 2480. The molecule has 4 aliphatic rings. The largest absolute Gasteiger partial charge is 0.505 e. The molecule has 2 aliphatic heterocycles. The van der Waals surface area contributed by atoms with Gasteiger partial charge in [-0.25, -0.2) is 13.7 Å². The van der Waals surface area contributed by atoms with Gasteiger partial charge in [0.25, 0.3) is 11.8 Å². The molecular formula is C40H31ClF2N6O9. The number of amides is 4. The lowest BCUT2D eigenvalue weighted by molar-refractivity contribution is -0.392. The molecule has 2 aliphatic carbocycles. The number of nitrogens with one attached hydrogen (secondary N) is 1. The van der Waals surface area contributed by atoms with Crippen molar-refractivity contribution in [1.82, 2.24) is 5.01 Å². The van der Waals surface area contributed by atoms with E-state index in [0.29, 0.717) is 15.5 Å². The molecule has 18 heteroatoms. The fourth-order valence-electron chi connectivity index (χ4n) is 9.47. The first-order valence-corrected chi connectivity index (χ1v) is 18.3. The zero-order valence-corrected chi connectivity index (χ0v) is 31.2. The van der Waals surface area contributed by atoms with Gasteiger partial charge in [-0.15, -0.1) is 0 Å². The normalized spacial score (nSPS) is 24.9. The van der Waals surface area contributed by atoms with Gasteiger partial charge >= 0.3 is 11.4 Å². The van der Waals surface area contributed by atoms with E-state index in [9.17, 15) is 44.1 Å². The van der Waals surface area contributed by atoms with Crippen LogP contribution in [-0.2, 0) is 24.6 Å². The van der Waals surface area contributed by atoms with Gasteiger partial charge in [-0.1, -0.05) is 47.5 Å². The van der Waals surface area contributed by atoms with Crippen LogP contribution in [0.3, 0.4) is 0 Å². The summed E-state index contributed by atoms with van der Waals surface area (Å²) in [7, 11) is 2.74. The highest BCUT2D eigenvalue weighted by molar-refractivity contribution is 6.30. The summed E-state index contributed by atoms with van der Waals surface area (Å²) in [5, 5.41) is 36.9. The van der Waals surface area contributed by atoms with Crippen LogP contribution >= 0.6 is 11.6 Å². The van der Waals surface area contributed by atoms with Gasteiger partial charge in [0.1, 0.15) is 5.82 Å². The highest BCUT2D eigenvalue weighted by atomic mass is 35.5. The van der Waals surface area contributed by atoms with E-state index in [1.54, 1.807) is 18.2 Å². The van der Waals surface area contributed by atoms with Gasteiger partial charge in [0, 0.05) is 42.7 Å². The summed E-state index contributed by atoms with van der Waals surface area (Å²) in [6.07, 6.45) is 1.30. The van der Waals surface area contributed by atoms with Crippen LogP contribution in [0.15, 0.2) is 90.5 Å². The molecule has 2 saturated heterocycles. The molecule has 0 spiro atoms. The van der Waals surface area contributed by atoms with Gasteiger partial charge in [-0.05, 0) is 66.8 Å². The number of nitro groups is 2. The topological polar surface area (TPSA) is 197 Å². The minimum atomic E-state index is -1.91. The maximum Gasteiger partial charge on any atom is 0.301 e. The second-order valence-corrected chi connectivity index (χ2v) is 15.2. The lowest BCUT2D eigenvalue weighted by atomic mass is 9.49. The summed E-state index contributed by atoms with van der Waals surface area (Å²) in [5.41, 5.74) is -0.623. The summed E-state index contributed by atoms with van der Waals surface area (Å²) in [6.45, 7) is 0. The number of allylic oxidation sites excluding steroid dienone is 2. The standard InChI is InChI=1S/C40H31ClF2N6O9/c1-45(2)34-30(48(55)56)16-23(17-31(34)49(57)58)46-36(51)25-15-14-24-27(32(25)38(46)53)18-28-37(52)47(44-22-12-10-21(42)11-13-22)39(54)40(28,19-6-8-20(41)9-7-19)33(24)26-4-3-5-29(43)35(26)50/h3-14,16-17,25,27-28,32-33,44,50H,15,18H2,1-2H3/t25-,27+,28-,32-,33+,40+/m0/s1. The van der Waals surface area contributed by atoms with Crippen LogP contribution in [0.4, 0.5) is 37.2 Å². The van der Waals surface area contributed by atoms with E-state index in [-0.39, 0.29) is 35.3 Å². The number of nitro benzene ring substituents is 2. The van der Waals surface area contributed by atoms with Crippen LogP contribution in [0.5, 0.6) is 5.75 Å². The van der Waals surface area contributed by atoms with Crippen LogP contribution in [0.2, 0.25) is 5.02 Å². The van der Waals surface area contributed by atoms with E-state index in [1.807, 2.05) is 0 Å². The first-order valence-electron chi connectivity index (χ1n) is 17.9. The van der Waals surface area contributed by atoms with E-state index in [1.165, 1.54) is 55.4 Å². The van der Waals surface area contributed by atoms with E-state index >= 15 is 9.18 Å². The number of para-hydroxylation sites is 1. The Balaban J connectivity index is 1.32. The third-order valence-electron chi connectivity index (χ3n) is 11.7. The van der Waals surface area contributed by atoms with Crippen molar-refractivity contribution < 1.29 is 42.9 Å². The Morgan fingerprint density at radius 3 is 2.12 bits per heavy atom. The number of carbonyl (C=O) groups excluding carboxylic acids is 4. The molecule has 2 heterocycles. The van der Waals surface area contributed by atoms with Crippen LogP contribution in [0.25, 0.3) is 0 Å². The highest BCUT2D eigenvalue weighted by Crippen LogP contribution is 2.65. The van der Waals surface area contributed by atoms with Gasteiger partial charge in [0.15, 0.2) is 17.3 Å². The van der Waals surface area contributed by atoms with E-state index < -0.39 is 103 Å². The number of phenolic OH excluding ortho intramolecular Hbond substituents is 1. The number of nitrogens with zero attached hydrogens (tertiary/aromatic N) is 5. The summed E-state index contributed by atoms with van der Waals surface area (Å²) in [6, 6.07) is 16.5. The number of aromatic hydroxyl groups is 1. The SMILES string of the molecule is CN(C)c1c([N+](=O)[O-])cc(N2C(=O)[C@H]3[C@H](CC=C4[C@H]3C[C@H]3C(=O)N(Nc5ccc(F)cc5)C(=O)[C@@]3(c3ccc(Cl)cc3)[C@H]4c3cccc(F)c3O)C2=O)cc1[N+](=O)[O-]. The van der Waals surface area contributed by atoms with Gasteiger partial charge in [0.2, 0.25) is 11.8 Å². The van der Waals surface area contributed by atoms with Crippen molar-refractivity contribution >= 4 is 63.7 Å². The fourth-order valence-corrected chi connectivity index (χ4v) is 9.60. The van der Waals surface area contributed by atoms with Crippen molar-refractivity contribution in [3.63, 3.8) is 0 Å². The Hall–Kier alpha value is -6.75. The number of hydrogen-bond donors (Lipinski definition) is 2. The minimum Gasteiger partial charge on any atom is -0.505 e. The average molecular weight is 813 g/mol. The van der Waals surface area contributed by atoms with Crippen molar-refractivity contribution in [1.29, 1.82) is 0 Å². The predicted octanol–water partition coefficient (Wildman–Crippen LogP) is 6.40. The molecule has 0 unspecified atom stereocenters. The molecule has 1 saturated carbocycles. The second kappa shape index (κ2) is 13.7. The number of anilines is 3. The number of fused-ring (bicyclic) bond motifs is 4. The summed E-state index contributed by atoms with van der Waals surface area (Å²) in [4.78, 5) is 83.5. The lowest BCUT2D eigenvalue weighted by Gasteiger charge is -2.50. The maximum atomic E-state index is 15.4. The molecule has 8 rings (SSSR count). The molecule has 4 amide bonds. The summed E-state index contributed by atoms with van der Waals surface area (Å²) < 4.78 is 29.3. The lowest BCUT2D eigenvalue weighted by Crippen LogP contribution is -2.53. The third-order valence-corrected chi connectivity index (χ3v) is 12.0. The monoisotopic (exact) mass is 812 g/mol. The van der Waals surface area contributed by atoms with Crippen molar-refractivity contribution in [2.24, 2.45) is 23.7 Å². The average Bonchev–Trinajstić information content (AvgIpc) is 3.57. The van der Waals surface area contributed by atoms with E-state index in [2.05, 4.69) is 5.43 Å². The molecule has 0 bridgehead atoms.